The maximum atomic E-state index is 12.8. The van der Waals surface area contributed by atoms with E-state index in [-0.39, 0.29) is 32.6 Å². The van der Waals surface area contributed by atoms with Gasteiger partial charge in [0.15, 0.2) is 0 Å². The molecule has 6 nitrogen and oxygen atoms in total. The summed E-state index contributed by atoms with van der Waals surface area (Å²) in [5.74, 6) is -0.531. The molecular formula is C30H18N4O2S2. The highest BCUT2D eigenvalue weighted by Gasteiger charge is 2.43. The summed E-state index contributed by atoms with van der Waals surface area (Å²) in [5, 5.41) is 0.334. The number of fused-ring (bicyclic) bond motifs is 10. The van der Waals surface area contributed by atoms with E-state index < -0.39 is 0 Å². The Morgan fingerprint density at radius 1 is 0.526 bits per heavy atom. The van der Waals surface area contributed by atoms with Crippen molar-refractivity contribution in [2.45, 2.75) is 10.5 Å². The lowest BCUT2D eigenvalue weighted by molar-refractivity contribution is -0.112. The number of carbonyl (C=O) groups excluding carboxylic acids is 2. The predicted octanol–water partition coefficient (Wildman–Crippen LogP) is 5.79. The van der Waals surface area contributed by atoms with Crippen LogP contribution < -0.4 is 0 Å². The van der Waals surface area contributed by atoms with Crippen molar-refractivity contribution in [3.63, 3.8) is 0 Å². The number of carbonyl (C=O) groups is 2. The zero-order valence-corrected chi connectivity index (χ0v) is 21.4. The normalized spacial score (nSPS) is 26.4. The van der Waals surface area contributed by atoms with Crippen molar-refractivity contribution < 1.29 is 9.59 Å². The quantitative estimate of drug-likeness (QED) is 0.358. The summed E-state index contributed by atoms with van der Waals surface area (Å²) in [4.78, 5) is 42.6. The third-order valence-electron chi connectivity index (χ3n) is 7.94. The smallest absolute Gasteiger partial charge is 0.201 e. The number of allylic oxidation sites excluding steroid dienone is 4. The van der Waals surface area contributed by atoms with Gasteiger partial charge in [-0.15, -0.1) is 0 Å². The second kappa shape index (κ2) is 7.36. The van der Waals surface area contributed by atoms with Crippen LogP contribution in [0, 0.1) is 11.8 Å². The molecule has 8 heteroatoms. The Balaban J connectivity index is 1.34. The SMILES string of the molecule is O=C1SC2C=C[C@H]1C1=C2c2cc3ccc(cc4nc(cc5ccc(cc1n2)[nH]5)C1=C4[C@@H]2C=C[C@@H]1SC2=O)[nH]3. The largest absolute Gasteiger partial charge is 0.355 e. The van der Waals surface area contributed by atoms with Crippen LogP contribution in [0.25, 0.3) is 44.4 Å². The molecule has 0 radical (unpaired) electrons. The minimum absolute atomic E-state index is 0.0175. The van der Waals surface area contributed by atoms with Gasteiger partial charge in [-0.05, 0) is 59.7 Å². The summed E-state index contributed by atoms with van der Waals surface area (Å²) in [5.41, 5.74) is 11.5. The Morgan fingerprint density at radius 2 is 0.895 bits per heavy atom. The van der Waals surface area contributed by atoms with Crippen LogP contribution in [-0.4, -0.2) is 40.7 Å². The number of thioether (sulfide) groups is 2. The van der Waals surface area contributed by atoms with Crippen molar-refractivity contribution in [1.29, 1.82) is 0 Å². The third-order valence-corrected chi connectivity index (χ3v) is 10.2. The summed E-state index contributed by atoms with van der Waals surface area (Å²) in [6.45, 7) is 0. The number of aromatic amines is 2. The predicted molar refractivity (Wildman–Crippen MR) is 153 cm³/mol. The molecule has 3 aromatic rings. The Kier molecular flexibility index (Phi) is 4.09. The first kappa shape index (κ1) is 21.1. The fraction of sp³-hybridized carbons (Fsp3) is 0.133. The molecule has 38 heavy (non-hydrogen) atoms. The molecule has 0 aromatic carbocycles. The van der Waals surface area contributed by atoms with Gasteiger partial charge in [0.05, 0.1) is 45.1 Å². The van der Waals surface area contributed by atoms with E-state index in [9.17, 15) is 9.59 Å². The number of nitrogens with zero attached hydrogens (tertiary/aromatic N) is 2. The topological polar surface area (TPSA) is 91.5 Å². The summed E-state index contributed by atoms with van der Waals surface area (Å²) in [7, 11) is 0. The fourth-order valence-electron chi connectivity index (χ4n) is 6.32. The average Bonchev–Trinajstić information content (AvgIpc) is 3.69. The third kappa shape index (κ3) is 2.87. The van der Waals surface area contributed by atoms with Crippen molar-refractivity contribution in [1.82, 2.24) is 19.9 Å². The van der Waals surface area contributed by atoms with Gasteiger partial charge in [0.1, 0.15) is 0 Å². The molecule has 2 aliphatic carbocycles. The molecule has 11 rings (SSSR count). The molecule has 12 bridgehead atoms. The molecular weight excluding hydrogens is 512 g/mol. The average molecular weight is 531 g/mol. The molecule has 0 fully saturated rings. The summed E-state index contributed by atoms with van der Waals surface area (Å²) in [6, 6.07) is 16.4. The second-order valence-corrected chi connectivity index (χ2v) is 12.5. The van der Waals surface area contributed by atoms with E-state index in [4.69, 9.17) is 9.97 Å². The Morgan fingerprint density at radius 3 is 1.26 bits per heavy atom. The van der Waals surface area contributed by atoms with Gasteiger partial charge in [0.25, 0.3) is 0 Å². The Hall–Kier alpha value is -3.88. The van der Waals surface area contributed by atoms with Gasteiger partial charge < -0.3 is 9.97 Å². The standard InChI is InChI=1S/C30H18N4O2S2/c35-29-17-5-7-24(38-29)28-22-12-16-4-2-14(32-16)10-20-26-18-6-8-23(37-30(18)36)27(26)21(34-20)11-15-3-1-13(31-15)9-19(33-22)25(17)28/h1-12,17-18,23-24,31-32H/t17-,18-,23-,24?/m0/s1. The minimum Gasteiger partial charge on any atom is -0.355 e. The lowest BCUT2D eigenvalue weighted by Crippen LogP contribution is -2.26. The van der Waals surface area contributed by atoms with Gasteiger partial charge in [-0.25, -0.2) is 9.97 Å². The molecule has 2 N–H and O–H groups in total. The van der Waals surface area contributed by atoms with E-state index in [1.165, 1.54) is 23.5 Å². The first-order valence-electron chi connectivity index (χ1n) is 12.5. The first-order chi connectivity index (χ1) is 18.6. The van der Waals surface area contributed by atoms with Crippen LogP contribution in [0.3, 0.4) is 0 Å². The fourth-order valence-corrected chi connectivity index (χ4v) is 8.58. The molecule has 182 valence electrons. The Bertz CT molecular complexity index is 1820. The summed E-state index contributed by atoms with van der Waals surface area (Å²) < 4.78 is 0. The van der Waals surface area contributed by atoms with Gasteiger partial charge in [-0.2, -0.15) is 0 Å². The molecule has 0 saturated carbocycles. The van der Waals surface area contributed by atoms with Crippen LogP contribution >= 0.6 is 23.5 Å². The van der Waals surface area contributed by atoms with E-state index in [0.717, 1.165) is 67.1 Å². The van der Waals surface area contributed by atoms with Gasteiger partial charge in [0.2, 0.25) is 10.2 Å². The molecule has 8 aliphatic rings. The molecule has 3 aromatic heterocycles. The minimum atomic E-state index is -0.265. The van der Waals surface area contributed by atoms with E-state index in [2.05, 4.69) is 34.3 Å². The number of nitrogens with one attached hydrogen (secondary N) is 2. The zero-order valence-electron chi connectivity index (χ0n) is 19.8. The van der Waals surface area contributed by atoms with E-state index >= 15 is 0 Å². The monoisotopic (exact) mass is 530 g/mol. The van der Waals surface area contributed by atoms with Gasteiger partial charge in [0, 0.05) is 33.2 Å². The van der Waals surface area contributed by atoms with Crippen molar-refractivity contribution in [3.05, 3.63) is 95.6 Å². The van der Waals surface area contributed by atoms with Crippen molar-refractivity contribution >= 4 is 78.1 Å². The maximum Gasteiger partial charge on any atom is 0.201 e. The number of hydrogen-bond acceptors (Lipinski definition) is 6. The van der Waals surface area contributed by atoms with Crippen molar-refractivity contribution in [3.8, 4) is 0 Å². The molecule has 0 amide bonds. The van der Waals surface area contributed by atoms with Crippen LogP contribution in [0.2, 0.25) is 0 Å². The van der Waals surface area contributed by atoms with E-state index in [1.54, 1.807) is 0 Å². The van der Waals surface area contributed by atoms with Gasteiger partial charge in [-0.1, -0.05) is 47.8 Å². The summed E-state index contributed by atoms with van der Waals surface area (Å²) in [6.07, 6.45) is 8.31. The lowest BCUT2D eigenvalue weighted by atomic mass is 9.86. The highest BCUT2D eigenvalue weighted by atomic mass is 32.2. The molecule has 0 saturated heterocycles. The van der Waals surface area contributed by atoms with Gasteiger partial charge in [-0.3, -0.25) is 9.59 Å². The number of hydrogen-bond donors (Lipinski definition) is 2. The van der Waals surface area contributed by atoms with Crippen molar-refractivity contribution in [2.75, 3.05) is 0 Å². The van der Waals surface area contributed by atoms with Crippen molar-refractivity contribution in [2.24, 2.45) is 11.8 Å². The molecule has 1 unspecified atom stereocenters. The molecule has 0 spiro atoms. The number of rotatable bonds is 0. The Labute approximate surface area is 225 Å². The van der Waals surface area contributed by atoms with Gasteiger partial charge >= 0.3 is 0 Å². The van der Waals surface area contributed by atoms with Crippen LogP contribution in [0.1, 0.15) is 22.8 Å². The summed E-state index contributed by atoms with van der Waals surface area (Å²) >= 11 is 2.78. The van der Waals surface area contributed by atoms with Crippen LogP contribution in [0.15, 0.2) is 72.8 Å². The number of aromatic nitrogens is 4. The molecule has 6 aliphatic heterocycles. The van der Waals surface area contributed by atoms with Crippen LogP contribution in [0.5, 0.6) is 0 Å². The first-order valence-corrected chi connectivity index (χ1v) is 14.3. The lowest BCUT2D eigenvalue weighted by Gasteiger charge is -2.30. The highest BCUT2D eigenvalue weighted by Crippen LogP contribution is 2.52. The van der Waals surface area contributed by atoms with E-state index in [0.29, 0.717) is 0 Å². The van der Waals surface area contributed by atoms with E-state index in [1.807, 2.05) is 48.6 Å². The maximum absolute atomic E-state index is 12.8. The molecule has 9 heterocycles. The zero-order chi connectivity index (χ0) is 25.1. The second-order valence-electron chi connectivity index (χ2n) is 10.2. The number of H-pyrrole nitrogens is 2. The van der Waals surface area contributed by atoms with Crippen LogP contribution in [0.4, 0.5) is 0 Å². The molecule has 4 atom stereocenters. The highest BCUT2D eigenvalue weighted by molar-refractivity contribution is 8.15. The van der Waals surface area contributed by atoms with Crippen LogP contribution in [-0.2, 0) is 9.59 Å².